The molecule has 1 fully saturated rings. The van der Waals surface area contributed by atoms with E-state index in [1.54, 1.807) is 6.33 Å². The third-order valence-electron chi connectivity index (χ3n) is 5.01. The quantitative estimate of drug-likeness (QED) is 0.803. The summed E-state index contributed by atoms with van der Waals surface area (Å²) in [7, 11) is 0. The molecule has 0 saturated carbocycles. The molecule has 4 heteroatoms. The molecule has 0 atom stereocenters. The van der Waals surface area contributed by atoms with Gasteiger partial charge in [-0.05, 0) is 50.0 Å². The first-order valence-electron chi connectivity index (χ1n) is 8.35. The Hall–Kier alpha value is -2.20. The highest BCUT2D eigenvalue weighted by Gasteiger charge is 2.22. The van der Waals surface area contributed by atoms with E-state index in [-0.39, 0.29) is 0 Å². The molecule has 118 valence electrons. The van der Waals surface area contributed by atoms with Crippen molar-refractivity contribution in [1.29, 1.82) is 0 Å². The second-order valence-electron chi connectivity index (χ2n) is 6.50. The van der Waals surface area contributed by atoms with Crippen LogP contribution in [-0.2, 0) is 6.54 Å². The van der Waals surface area contributed by atoms with Gasteiger partial charge in [0.1, 0.15) is 0 Å². The minimum atomic E-state index is 0.627. The number of rotatable bonds is 3. The van der Waals surface area contributed by atoms with Gasteiger partial charge in [-0.25, -0.2) is 4.98 Å². The van der Waals surface area contributed by atoms with Gasteiger partial charge in [-0.3, -0.25) is 9.88 Å². The summed E-state index contributed by atoms with van der Waals surface area (Å²) < 4.78 is 0. The Balaban J connectivity index is 1.49. The fourth-order valence-corrected chi connectivity index (χ4v) is 3.63. The lowest BCUT2D eigenvalue weighted by atomic mass is 9.93. The summed E-state index contributed by atoms with van der Waals surface area (Å²) in [4.78, 5) is 14.6. The van der Waals surface area contributed by atoms with Crippen molar-refractivity contribution in [2.45, 2.75) is 32.2 Å². The number of nitrogens with one attached hydrogen (secondary N) is 1. The monoisotopic (exact) mass is 306 g/mol. The predicted molar refractivity (Wildman–Crippen MR) is 92.3 cm³/mol. The smallest absolute Gasteiger partial charge is 0.0921 e. The Morgan fingerprint density at radius 1 is 1.22 bits per heavy atom. The first-order valence-corrected chi connectivity index (χ1v) is 8.35. The summed E-state index contributed by atoms with van der Waals surface area (Å²) in [6.07, 6.45) is 8.04. The molecule has 1 saturated heterocycles. The number of imidazole rings is 1. The number of H-pyrrole nitrogens is 1. The van der Waals surface area contributed by atoms with Crippen LogP contribution in [0, 0.1) is 6.92 Å². The fraction of sp³-hybridized carbons (Fsp3) is 0.368. The van der Waals surface area contributed by atoms with Gasteiger partial charge in [0.2, 0.25) is 0 Å². The van der Waals surface area contributed by atoms with Gasteiger partial charge >= 0.3 is 0 Å². The van der Waals surface area contributed by atoms with Crippen LogP contribution in [0.25, 0.3) is 10.9 Å². The van der Waals surface area contributed by atoms with Crippen LogP contribution in [0.5, 0.6) is 0 Å². The van der Waals surface area contributed by atoms with E-state index in [4.69, 9.17) is 0 Å². The number of aromatic nitrogens is 3. The van der Waals surface area contributed by atoms with Crippen LogP contribution >= 0.6 is 0 Å². The molecule has 2 aromatic heterocycles. The van der Waals surface area contributed by atoms with E-state index in [0.29, 0.717) is 5.92 Å². The van der Waals surface area contributed by atoms with Crippen molar-refractivity contribution in [3.8, 4) is 0 Å². The molecule has 0 unspecified atom stereocenters. The van der Waals surface area contributed by atoms with E-state index in [1.165, 1.54) is 35.0 Å². The Morgan fingerprint density at radius 2 is 2.09 bits per heavy atom. The van der Waals surface area contributed by atoms with Crippen molar-refractivity contribution in [2.24, 2.45) is 0 Å². The molecular formula is C19H22N4. The lowest BCUT2D eigenvalue weighted by Gasteiger charge is -2.31. The lowest BCUT2D eigenvalue weighted by Crippen LogP contribution is -2.32. The maximum atomic E-state index is 4.62. The van der Waals surface area contributed by atoms with Gasteiger partial charge in [0.05, 0.1) is 11.8 Å². The summed E-state index contributed by atoms with van der Waals surface area (Å²) in [5.41, 5.74) is 5.08. The maximum Gasteiger partial charge on any atom is 0.0921 e. The van der Waals surface area contributed by atoms with Gasteiger partial charge in [0.15, 0.2) is 0 Å². The van der Waals surface area contributed by atoms with E-state index >= 15 is 0 Å². The molecule has 4 nitrogen and oxygen atoms in total. The van der Waals surface area contributed by atoms with Gasteiger partial charge in [-0.2, -0.15) is 0 Å². The number of pyridine rings is 1. The van der Waals surface area contributed by atoms with Crippen molar-refractivity contribution in [1.82, 2.24) is 19.9 Å². The molecule has 3 heterocycles. The number of benzene rings is 1. The topological polar surface area (TPSA) is 44.8 Å². The lowest BCUT2D eigenvalue weighted by molar-refractivity contribution is 0.204. The van der Waals surface area contributed by atoms with E-state index in [9.17, 15) is 0 Å². The molecule has 0 bridgehead atoms. The van der Waals surface area contributed by atoms with Crippen LogP contribution in [0.15, 0.2) is 43.0 Å². The molecule has 23 heavy (non-hydrogen) atoms. The number of piperidine rings is 1. The Labute approximate surface area is 136 Å². The summed E-state index contributed by atoms with van der Waals surface area (Å²) in [6, 6.07) is 8.66. The van der Waals surface area contributed by atoms with Crippen molar-refractivity contribution in [2.75, 3.05) is 13.1 Å². The Kier molecular flexibility index (Phi) is 3.83. The summed E-state index contributed by atoms with van der Waals surface area (Å²) in [5.74, 6) is 0.627. The summed E-state index contributed by atoms with van der Waals surface area (Å²) in [5, 5.41) is 1.28. The molecule has 0 aliphatic carbocycles. The van der Waals surface area contributed by atoms with Crippen LogP contribution in [0.2, 0.25) is 0 Å². The van der Waals surface area contributed by atoms with Gasteiger partial charge in [-0.1, -0.05) is 18.2 Å². The third kappa shape index (κ3) is 2.86. The van der Waals surface area contributed by atoms with Crippen molar-refractivity contribution >= 4 is 10.9 Å². The zero-order valence-electron chi connectivity index (χ0n) is 13.5. The number of likely N-dealkylation sites (tertiary alicyclic amines) is 1. The normalized spacial score (nSPS) is 16.9. The second-order valence-corrected chi connectivity index (χ2v) is 6.50. The first kappa shape index (κ1) is 14.4. The molecule has 1 aromatic carbocycles. The number of hydrogen-bond acceptors (Lipinski definition) is 3. The third-order valence-corrected chi connectivity index (χ3v) is 5.01. The van der Waals surface area contributed by atoms with Crippen LogP contribution in [0.1, 0.15) is 35.6 Å². The molecule has 4 rings (SSSR count). The second kappa shape index (κ2) is 6.13. The van der Waals surface area contributed by atoms with Crippen LogP contribution in [0.4, 0.5) is 0 Å². The Morgan fingerprint density at radius 3 is 2.87 bits per heavy atom. The highest BCUT2D eigenvalue weighted by molar-refractivity contribution is 5.84. The SMILES string of the molecule is Cc1ccc(CN2CCC(c3cnc[nH]3)CC2)c2ncccc12. The average molecular weight is 306 g/mol. The zero-order valence-corrected chi connectivity index (χ0v) is 13.5. The molecule has 0 amide bonds. The minimum absolute atomic E-state index is 0.627. The van der Waals surface area contributed by atoms with E-state index in [0.717, 1.165) is 25.2 Å². The molecule has 1 N–H and O–H groups in total. The van der Waals surface area contributed by atoms with E-state index in [2.05, 4.69) is 45.0 Å². The van der Waals surface area contributed by atoms with E-state index < -0.39 is 0 Å². The molecule has 3 aromatic rings. The number of fused-ring (bicyclic) bond motifs is 1. The van der Waals surface area contributed by atoms with Crippen LogP contribution in [0.3, 0.4) is 0 Å². The average Bonchev–Trinajstić information content (AvgIpc) is 3.13. The first-order chi connectivity index (χ1) is 11.3. The van der Waals surface area contributed by atoms with Gasteiger partial charge < -0.3 is 4.98 Å². The number of aryl methyl sites for hydroxylation is 1. The van der Waals surface area contributed by atoms with Gasteiger partial charge in [0, 0.05) is 35.9 Å². The van der Waals surface area contributed by atoms with E-state index in [1.807, 2.05) is 18.5 Å². The number of hydrogen-bond donors (Lipinski definition) is 1. The number of aromatic amines is 1. The van der Waals surface area contributed by atoms with Crippen LogP contribution in [-0.4, -0.2) is 32.9 Å². The largest absolute Gasteiger partial charge is 0.348 e. The molecule has 1 aliphatic rings. The molecule has 0 spiro atoms. The number of nitrogens with zero attached hydrogens (tertiary/aromatic N) is 3. The summed E-state index contributed by atoms with van der Waals surface area (Å²) in [6.45, 7) is 5.41. The standard InChI is InChI=1S/C19H22N4/c1-14-4-5-16(19-17(14)3-2-8-21-19)12-23-9-6-15(7-10-23)18-11-20-13-22-18/h2-5,8,11,13,15H,6-7,9-10,12H2,1H3,(H,20,22). The van der Waals surface area contributed by atoms with Gasteiger partial charge in [-0.15, -0.1) is 0 Å². The van der Waals surface area contributed by atoms with Gasteiger partial charge in [0.25, 0.3) is 0 Å². The van der Waals surface area contributed by atoms with Crippen molar-refractivity contribution in [3.05, 3.63) is 59.8 Å². The zero-order chi connectivity index (χ0) is 15.6. The highest BCUT2D eigenvalue weighted by atomic mass is 15.1. The van der Waals surface area contributed by atoms with Crippen molar-refractivity contribution in [3.63, 3.8) is 0 Å². The fourth-order valence-electron chi connectivity index (χ4n) is 3.63. The molecule has 1 aliphatic heterocycles. The Bertz CT molecular complexity index is 786. The minimum Gasteiger partial charge on any atom is -0.348 e. The highest BCUT2D eigenvalue weighted by Crippen LogP contribution is 2.28. The molecular weight excluding hydrogens is 284 g/mol. The summed E-state index contributed by atoms with van der Waals surface area (Å²) >= 11 is 0. The molecule has 0 radical (unpaired) electrons. The van der Waals surface area contributed by atoms with Crippen LogP contribution < -0.4 is 0 Å². The van der Waals surface area contributed by atoms with Crippen molar-refractivity contribution < 1.29 is 0 Å². The maximum absolute atomic E-state index is 4.62. The predicted octanol–water partition coefficient (Wildman–Crippen LogP) is 3.65.